The van der Waals surface area contributed by atoms with Gasteiger partial charge in [-0.3, -0.25) is 14.4 Å². The summed E-state index contributed by atoms with van der Waals surface area (Å²) in [6.07, 6.45) is 1.21. The van der Waals surface area contributed by atoms with Crippen molar-refractivity contribution in [1.29, 1.82) is 0 Å². The van der Waals surface area contributed by atoms with E-state index in [1.807, 2.05) is 31.2 Å². The van der Waals surface area contributed by atoms with E-state index in [-0.39, 0.29) is 30.1 Å². The van der Waals surface area contributed by atoms with Gasteiger partial charge >= 0.3 is 5.97 Å². The molecule has 1 aromatic rings. The van der Waals surface area contributed by atoms with Gasteiger partial charge in [-0.2, -0.15) is 0 Å². The van der Waals surface area contributed by atoms with Crippen LogP contribution in [0.4, 0.5) is 5.69 Å². The monoisotopic (exact) mass is 330 g/mol. The number of nitrogens with zero attached hydrogens (tertiary/aromatic N) is 2. The molecule has 2 aliphatic rings. The summed E-state index contributed by atoms with van der Waals surface area (Å²) >= 11 is 0. The molecule has 6 nitrogen and oxygen atoms in total. The highest BCUT2D eigenvalue weighted by atomic mass is 16.4. The van der Waals surface area contributed by atoms with Gasteiger partial charge in [0.2, 0.25) is 11.8 Å². The van der Waals surface area contributed by atoms with Crippen molar-refractivity contribution in [3.8, 4) is 0 Å². The van der Waals surface area contributed by atoms with Crippen molar-refractivity contribution in [2.75, 3.05) is 24.5 Å². The van der Waals surface area contributed by atoms with Crippen molar-refractivity contribution < 1.29 is 19.5 Å². The minimum atomic E-state index is -0.788. The molecule has 0 bridgehead atoms. The second-order valence-corrected chi connectivity index (χ2v) is 6.68. The van der Waals surface area contributed by atoms with E-state index < -0.39 is 5.97 Å². The second kappa shape index (κ2) is 6.63. The van der Waals surface area contributed by atoms with E-state index in [9.17, 15) is 14.4 Å². The third-order valence-corrected chi connectivity index (χ3v) is 4.94. The Morgan fingerprint density at radius 2 is 1.88 bits per heavy atom. The molecule has 0 aromatic heterocycles. The van der Waals surface area contributed by atoms with E-state index in [0.717, 1.165) is 11.3 Å². The van der Waals surface area contributed by atoms with Crippen LogP contribution in [0, 0.1) is 18.8 Å². The van der Waals surface area contributed by atoms with Crippen LogP contribution in [0.2, 0.25) is 0 Å². The predicted molar refractivity (Wildman–Crippen MR) is 88.6 cm³/mol. The fourth-order valence-corrected chi connectivity index (χ4v) is 3.52. The zero-order chi connectivity index (χ0) is 17.3. The second-order valence-electron chi connectivity index (χ2n) is 6.68. The molecule has 3 rings (SSSR count). The van der Waals surface area contributed by atoms with Gasteiger partial charge in [-0.05, 0) is 37.5 Å². The Kier molecular flexibility index (Phi) is 4.55. The van der Waals surface area contributed by atoms with Gasteiger partial charge in [0.05, 0.1) is 11.8 Å². The molecule has 0 aliphatic carbocycles. The molecule has 2 aliphatic heterocycles. The van der Waals surface area contributed by atoms with E-state index in [0.29, 0.717) is 32.5 Å². The molecule has 2 fully saturated rings. The Bertz CT molecular complexity index is 665. The van der Waals surface area contributed by atoms with E-state index in [4.69, 9.17) is 5.11 Å². The summed E-state index contributed by atoms with van der Waals surface area (Å²) in [4.78, 5) is 39.4. The summed E-state index contributed by atoms with van der Waals surface area (Å²) < 4.78 is 0. The topological polar surface area (TPSA) is 77.9 Å². The van der Waals surface area contributed by atoms with Crippen LogP contribution in [0.15, 0.2) is 24.3 Å². The highest BCUT2D eigenvalue weighted by Crippen LogP contribution is 2.28. The lowest BCUT2D eigenvalue weighted by Gasteiger charge is -2.31. The maximum Gasteiger partial charge on any atom is 0.306 e. The van der Waals surface area contributed by atoms with Crippen molar-refractivity contribution in [1.82, 2.24) is 4.90 Å². The summed E-state index contributed by atoms with van der Waals surface area (Å²) in [5, 5.41) is 9.04. The van der Waals surface area contributed by atoms with Crippen molar-refractivity contribution in [3.63, 3.8) is 0 Å². The molecule has 1 unspecified atom stereocenters. The Hall–Kier alpha value is -2.37. The molecule has 24 heavy (non-hydrogen) atoms. The number of anilines is 1. The Balaban J connectivity index is 1.63. The normalized spacial score (nSPS) is 22.0. The number of aryl methyl sites for hydroxylation is 1. The van der Waals surface area contributed by atoms with Crippen LogP contribution >= 0.6 is 0 Å². The first-order valence-electron chi connectivity index (χ1n) is 8.34. The molecule has 6 heteroatoms. The van der Waals surface area contributed by atoms with Crippen LogP contribution in [-0.4, -0.2) is 47.4 Å². The van der Waals surface area contributed by atoms with Crippen molar-refractivity contribution in [3.05, 3.63) is 29.8 Å². The molecule has 2 heterocycles. The number of piperidine rings is 1. The van der Waals surface area contributed by atoms with Crippen LogP contribution in [0.25, 0.3) is 0 Å². The van der Waals surface area contributed by atoms with Crippen LogP contribution in [0.1, 0.15) is 24.8 Å². The lowest BCUT2D eigenvalue weighted by molar-refractivity contribution is -0.146. The molecule has 128 valence electrons. The maximum atomic E-state index is 12.7. The van der Waals surface area contributed by atoms with Crippen LogP contribution < -0.4 is 4.90 Å². The van der Waals surface area contributed by atoms with Crippen molar-refractivity contribution in [2.45, 2.75) is 26.2 Å². The first kappa shape index (κ1) is 16.5. The molecule has 0 saturated carbocycles. The van der Waals surface area contributed by atoms with Gasteiger partial charge in [-0.25, -0.2) is 0 Å². The van der Waals surface area contributed by atoms with Gasteiger partial charge in [0.15, 0.2) is 0 Å². The Labute approximate surface area is 141 Å². The molecule has 1 atom stereocenters. The number of aliphatic carboxylic acids is 1. The van der Waals surface area contributed by atoms with Gasteiger partial charge in [-0.15, -0.1) is 0 Å². The Morgan fingerprint density at radius 3 is 2.50 bits per heavy atom. The van der Waals surface area contributed by atoms with E-state index in [1.165, 1.54) is 0 Å². The van der Waals surface area contributed by atoms with Gasteiger partial charge in [0, 0.05) is 31.7 Å². The highest BCUT2D eigenvalue weighted by molar-refractivity contribution is 6.00. The third kappa shape index (κ3) is 3.27. The smallest absolute Gasteiger partial charge is 0.306 e. The average molecular weight is 330 g/mol. The lowest BCUT2D eigenvalue weighted by atomic mass is 9.95. The lowest BCUT2D eigenvalue weighted by Crippen LogP contribution is -2.43. The SMILES string of the molecule is Cc1cccc(N2CC(C(=O)N3CCC(C(=O)O)CC3)CC2=O)c1. The first-order valence-corrected chi connectivity index (χ1v) is 8.34. The molecule has 2 amide bonds. The van der Waals surface area contributed by atoms with Crippen LogP contribution in [0.3, 0.4) is 0 Å². The average Bonchev–Trinajstić information content (AvgIpc) is 2.96. The first-order chi connectivity index (χ1) is 11.5. The standard InChI is InChI=1S/C18H22N2O4/c1-12-3-2-4-15(9-12)20-11-14(10-16(20)21)17(22)19-7-5-13(6-8-19)18(23)24/h2-4,9,13-14H,5-8,10-11H2,1H3,(H,23,24). The quantitative estimate of drug-likeness (QED) is 0.914. The largest absolute Gasteiger partial charge is 0.481 e. The number of hydrogen-bond donors (Lipinski definition) is 1. The molecule has 1 N–H and O–H groups in total. The number of benzene rings is 1. The fraction of sp³-hybridized carbons (Fsp3) is 0.500. The summed E-state index contributed by atoms with van der Waals surface area (Å²) in [6.45, 7) is 3.30. The minimum Gasteiger partial charge on any atom is -0.481 e. The molecular weight excluding hydrogens is 308 g/mol. The highest BCUT2D eigenvalue weighted by Gasteiger charge is 2.38. The summed E-state index contributed by atoms with van der Waals surface area (Å²) in [5.41, 5.74) is 1.91. The molecule has 0 spiro atoms. The summed E-state index contributed by atoms with van der Waals surface area (Å²) in [7, 11) is 0. The van der Waals surface area contributed by atoms with Gasteiger partial charge in [-0.1, -0.05) is 12.1 Å². The number of likely N-dealkylation sites (tertiary alicyclic amines) is 1. The summed E-state index contributed by atoms with van der Waals surface area (Å²) in [6, 6.07) is 7.71. The number of hydrogen-bond acceptors (Lipinski definition) is 3. The minimum absolute atomic E-state index is 0.0256. The Morgan fingerprint density at radius 1 is 1.17 bits per heavy atom. The van der Waals surface area contributed by atoms with Gasteiger partial charge in [0.25, 0.3) is 0 Å². The third-order valence-electron chi connectivity index (χ3n) is 4.94. The molecule has 1 aromatic carbocycles. The number of carboxylic acids is 1. The molecule has 0 radical (unpaired) electrons. The molecule has 2 saturated heterocycles. The van der Waals surface area contributed by atoms with Crippen molar-refractivity contribution >= 4 is 23.5 Å². The zero-order valence-corrected chi connectivity index (χ0v) is 13.8. The van der Waals surface area contributed by atoms with Gasteiger partial charge < -0.3 is 14.9 Å². The van der Waals surface area contributed by atoms with Crippen LogP contribution in [-0.2, 0) is 14.4 Å². The fourth-order valence-electron chi connectivity index (χ4n) is 3.52. The van der Waals surface area contributed by atoms with Gasteiger partial charge in [0.1, 0.15) is 0 Å². The zero-order valence-electron chi connectivity index (χ0n) is 13.8. The maximum absolute atomic E-state index is 12.7. The van der Waals surface area contributed by atoms with E-state index >= 15 is 0 Å². The predicted octanol–water partition coefficient (Wildman–Crippen LogP) is 1.67. The number of rotatable bonds is 3. The number of carbonyl (C=O) groups excluding carboxylic acids is 2. The number of carbonyl (C=O) groups is 3. The van der Waals surface area contributed by atoms with E-state index in [1.54, 1.807) is 9.80 Å². The van der Waals surface area contributed by atoms with Crippen LogP contribution in [0.5, 0.6) is 0 Å². The van der Waals surface area contributed by atoms with E-state index in [2.05, 4.69) is 0 Å². The van der Waals surface area contributed by atoms with Crippen molar-refractivity contribution in [2.24, 2.45) is 11.8 Å². The number of amides is 2. The number of carboxylic acid groups (broad SMARTS) is 1. The summed E-state index contributed by atoms with van der Waals surface area (Å²) in [5.74, 6) is -1.53. The molecular formula is C18H22N2O4.